The van der Waals surface area contributed by atoms with Crippen molar-refractivity contribution in [3.05, 3.63) is 63.9 Å². The molecule has 1 fully saturated rings. The smallest absolute Gasteiger partial charge is 0.269 e. The van der Waals surface area contributed by atoms with Gasteiger partial charge in [-0.25, -0.2) is 4.98 Å². The van der Waals surface area contributed by atoms with E-state index in [4.69, 9.17) is 4.74 Å². The summed E-state index contributed by atoms with van der Waals surface area (Å²) in [6.07, 6.45) is 1.63. The summed E-state index contributed by atoms with van der Waals surface area (Å²) in [5.74, 6) is 0.691. The normalized spacial score (nSPS) is 14.0. The molecule has 1 aromatic carbocycles. The standard InChI is InChI=1S/C23H21N5O4S/c1-32-18-6-5-14(12-17(18)29)27-8-10-28(11-9-27)23(31)15-13-33-20-19(15)25-21(26-22(20)30)16-4-2-3-7-24-16/h2-7,12-13,29H,8-11H2,1H3,(H,25,26,30). The summed E-state index contributed by atoms with van der Waals surface area (Å²) in [7, 11) is 1.51. The molecule has 1 aliphatic rings. The minimum absolute atomic E-state index is 0.0817. The van der Waals surface area contributed by atoms with Crippen molar-refractivity contribution in [3.63, 3.8) is 0 Å². The number of nitrogens with one attached hydrogen (secondary N) is 1. The van der Waals surface area contributed by atoms with E-state index in [-0.39, 0.29) is 17.2 Å². The molecular weight excluding hydrogens is 442 g/mol. The van der Waals surface area contributed by atoms with Crippen molar-refractivity contribution >= 4 is 33.1 Å². The second-order valence-corrected chi connectivity index (χ2v) is 8.47. The van der Waals surface area contributed by atoms with E-state index in [9.17, 15) is 14.7 Å². The van der Waals surface area contributed by atoms with E-state index in [0.29, 0.717) is 59.2 Å². The molecule has 1 saturated heterocycles. The summed E-state index contributed by atoms with van der Waals surface area (Å²) < 4.78 is 5.52. The SMILES string of the molecule is COc1ccc(N2CCN(C(=O)c3csc4c(=O)[nH]c(-c5ccccn5)nc34)CC2)cc1O. The average molecular weight is 464 g/mol. The average Bonchev–Trinajstić information content (AvgIpc) is 3.29. The van der Waals surface area contributed by atoms with E-state index in [1.165, 1.54) is 18.4 Å². The highest BCUT2D eigenvalue weighted by Crippen LogP contribution is 2.31. The molecule has 1 amide bonds. The first-order valence-electron chi connectivity index (χ1n) is 10.4. The molecule has 5 rings (SSSR count). The number of pyridine rings is 1. The number of nitrogens with zero attached hydrogens (tertiary/aromatic N) is 4. The largest absolute Gasteiger partial charge is 0.504 e. The van der Waals surface area contributed by atoms with Crippen molar-refractivity contribution in [2.45, 2.75) is 0 Å². The number of piperazine rings is 1. The Bertz CT molecular complexity index is 1380. The zero-order chi connectivity index (χ0) is 22.9. The molecule has 3 aromatic heterocycles. The number of phenols is 1. The summed E-state index contributed by atoms with van der Waals surface area (Å²) in [4.78, 5) is 41.3. The summed E-state index contributed by atoms with van der Waals surface area (Å²) in [6.45, 7) is 2.26. The fourth-order valence-electron chi connectivity index (χ4n) is 3.92. The van der Waals surface area contributed by atoms with Crippen LogP contribution in [0.4, 0.5) is 5.69 Å². The van der Waals surface area contributed by atoms with E-state index in [1.807, 2.05) is 12.1 Å². The van der Waals surface area contributed by atoms with E-state index in [2.05, 4.69) is 19.9 Å². The van der Waals surface area contributed by atoms with Crippen molar-refractivity contribution in [2.75, 3.05) is 38.2 Å². The van der Waals surface area contributed by atoms with Crippen LogP contribution in [0, 0.1) is 0 Å². The van der Waals surface area contributed by atoms with Crippen LogP contribution in [0.15, 0.2) is 52.8 Å². The second kappa shape index (κ2) is 8.55. The highest BCUT2D eigenvalue weighted by molar-refractivity contribution is 7.17. The Hall–Kier alpha value is -3.92. The lowest BCUT2D eigenvalue weighted by atomic mass is 10.2. The number of thiophene rings is 1. The van der Waals surface area contributed by atoms with Crippen LogP contribution in [0.5, 0.6) is 11.5 Å². The molecule has 33 heavy (non-hydrogen) atoms. The lowest BCUT2D eigenvalue weighted by Gasteiger charge is -2.36. The number of amides is 1. The number of aromatic nitrogens is 3. The molecular formula is C23H21N5O4S. The van der Waals surface area contributed by atoms with E-state index in [0.717, 1.165) is 5.69 Å². The molecule has 4 heterocycles. The third-order valence-electron chi connectivity index (χ3n) is 5.66. The van der Waals surface area contributed by atoms with Crippen molar-refractivity contribution in [3.8, 4) is 23.0 Å². The Morgan fingerprint density at radius 2 is 2.00 bits per heavy atom. The van der Waals surface area contributed by atoms with Crippen LogP contribution < -0.4 is 15.2 Å². The first-order valence-corrected chi connectivity index (χ1v) is 11.3. The molecule has 9 nitrogen and oxygen atoms in total. The molecule has 2 N–H and O–H groups in total. The molecule has 10 heteroatoms. The first-order chi connectivity index (χ1) is 16.0. The van der Waals surface area contributed by atoms with Gasteiger partial charge in [0.2, 0.25) is 0 Å². The van der Waals surface area contributed by atoms with Gasteiger partial charge in [0.15, 0.2) is 17.3 Å². The van der Waals surface area contributed by atoms with Crippen LogP contribution in [-0.2, 0) is 0 Å². The Morgan fingerprint density at radius 3 is 2.70 bits per heavy atom. The fraction of sp³-hybridized carbons (Fsp3) is 0.217. The Labute approximate surface area is 192 Å². The summed E-state index contributed by atoms with van der Waals surface area (Å²) >= 11 is 1.22. The van der Waals surface area contributed by atoms with Gasteiger partial charge in [-0.1, -0.05) is 6.07 Å². The van der Waals surface area contributed by atoms with Gasteiger partial charge in [0.25, 0.3) is 11.5 Å². The Morgan fingerprint density at radius 1 is 1.18 bits per heavy atom. The number of aromatic hydroxyl groups is 1. The van der Waals surface area contributed by atoms with Gasteiger partial charge in [0, 0.05) is 49.5 Å². The number of anilines is 1. The number of methoxy groups -OCH3 is 1. The van der Waals surface area contributed by atoms with Crippen molar-refractivity contribution in [1.29, 1.82) is 0 Å². The molecule has 0 saturated carbocycles. The monoisotopic (exact) mass is 463 g/mol. The van der Waals surface area contributed by atoms with Gasteiger partial charge in [0.1, 0.15) is 15.9 Å². The van der Waals surface area contributed by atoms with Crippen LogP contribution >= 0.6 is 11.3 Å². The van der Waals surface area contributed by atoms with Crippen LogP contribution in [0.3, 0.4) is 0 Å². The van der Waals surface area contributed by atoms with Gasteiger partial charge in [-0.15, -0.1) is 11.3 Å². The molecule has 0 radical (unpaired) electrons. The van der Waals surface area contributed by atoms with Gasteiger partial charge < -0.3 is 24.6 Å². The van der Waals surface area contributed by atoms with Crippen LogP contribution in [0.25, 0.3) is 21.7 Å². The molecule has 0 bridgehead atoms. The molecule has 168 valence electrons. The number of benzene rings is 1. The minimum atomic E-state index is -0.283. The quantitative estimate of drug-likeness (QED) is 0.479. The van der Waals surface area contributed by atoms with Crippen LogP contribution in [0.1, 0.15) is 10.4 Å². The van der Waals surface area contributed by atoms with Crippen LogP contribution in [0.2, 0.25) is 0 Å². The van der Waals surface area contributed by atoms with Crippen molar-refractivity contribution in [2.24, 2.45) is 0 Å². The third-order valence-corrected chi connectivity index (χ3v) is 6.63. The third kappa shape index (κ3) is 3.89. The summed E-state index contributed by atoms with van der Waals surface area (Å²) in [6, 6.07) is 10.6. The number of ether oxygens (including phenoxy) is 1. The number of rotatable bonds is 4. The number of carbonyl (C=O) groups is 1. The lowest BCUT2D eigenvalue weighted by molar-refractivity contribution is 0.0749. The van der Waals surface area contributed by atoms with E-state index >= 15 is 0 Å². The van der Waals surface area contributed by atoms with Gasteiger partial charge in [-0.05, 0) is 24.3 Å². The number of phenolic OH excluding ortho intramolecular Hbond substituents is 1. The number of hydrogen-bond donors (Lipinski definition) is 2. The number of H-pyrrole nitrogens is 1. The molecule has 0 atom stereocenters. The molecule has 0 unspecified atom stereocenters. The maximum Gasteiger partial charge on any atom is 0.269 e. The van der Waals surface area contributed by atoms with Crippen molar-refractivity contribution in [1.82, 2.24) is 19.9 Å². The topological polar surface area (TPSA) is 112 Å². The maximum absolute atomic E-state index is 13.3. The number of carbonyl (C=O) groups excluding carboxylic acids is 1. The molecule has 4 aromatic rings. The van der Waals surface area contributed by atoms with E-state index < -0.39 is 0 Å². The van der Waals surface area contributed by atoms with Crippen molar-refractivity contribution < 1.29 is 14.6 Å². The Balaban J connectivity index is 1.37. The van der Waals surface area contributed by atoms with Gasteiger partial charge in [-0.2, -0.15) is 0 Å². The first kappa shape index (κ1) is 21.0. The minimum Gasteiger partial charge on any atom is -0.504 e. The van der Waals surface area contributed by atoms with Gasteiger partial charge >= 0.3 is 0 Å². The zero-order valence-corrected chi connectivity index (χ0v) is 18.6. The van der Waals surface area contributed by atoms with Gasteiger partial charge in [0.05, 0.1) is 12.7 Å². The lowest BCUT2D eigenvalue weighted by Crippen LogP contribution is -2.48. The highest BCUT2D eigenvalue weighted by atomic mass is 32.1. The second-order valence-electron chi connectivity index (χ2n) is 7.59. The highest BCUT2D eigenvalue weighted by Gasteiger charge is 2.26. The molecule has 0 spiro atoms. The van der Waals surface area contributed by atoms with E-state index in [1.54, 1.807) is 40.7 Å². The maximum atomic E-state index is 13.3. The number of hydrogen-bond acceptors (Lipinski definition) is 8. The predicted octanol–water partition coefficient (Wildman–Crippen LogP) is 2.72. The van der Waals surface area contributed by atoms with Crippen LogP contribution in [-0.4, -0.2) is 64.2 Å². The predicted molar refractivity (Wildman–Crippen MR) is 126 cm³/mol. The molecule has 0 aliphatic carbocycles. The number of aromatic amines is 1. The Kier molecular flexibility index (Phi) is 5.43. The van der Waals surface area contributed by atoms with Gasteiger partial charge in [-0.3, -0.25) is 14.6 Å². The summed E-state index contributed by atoms with van der Waals surface area (Å²) in [5, 5.41) is 11.8. The molecule has 1 aliphatic heterocycles. The summed E-state index contributed by atoms with van der Waals surface area (Å²) in [5.41, 5.74) is 1.95. The fourth-order valence-corrected chi connectivity index (χ4v) is 4.79. The zero-order valence-electron chi connectivity index (χ0n) is 17.8. The number of fused-ring (bicyclic) bond motifs is 1.